The van der Waals surface area contributed by atoms with Crippen LogP contribution in [0.2, 0.25) is 0 Å². The van der Waals surface area contributed by atoms with Crippen LogP contribution in [-0.2, 0) is 25.8 Å². The van der Waals surface area contributed by atoms with Crippen LogP contribution in [0.4, 0.5) is 4.39 Å². The number of nitrogens with one attached hydrogen (secondary N) is 2. The molecule has 7 heteroatoms. The topological polar surface area (TPSA) is 67.1 Å². The first-order valence-corrected chi connectivity index (χ1v) is 9.36. The lowest BCUT2D eigenvalue weighted by Crippen LogP contribution is -2.39. The molecule has 0 saturated heterocycles. The van der Waals surface area contributed by atoms with Gasteiger partial charge in [-0.1, -0.05) is 18.6 Å². The highest BCUT2D eigenvalue weighted by molar-refractivity contribution is 5.79. The van der Waals surface area contributed by atoms with Crippen molar-refractivity contribution in [3.8, 4) is 0 Å². The van der Waals surface area contributed by atoms with Crippen molar-refractivity contribution in [2.24, 2.45) is 4.99 Å². The molecule has 0 bridgehead atoms. The first-order valence-electron chi connectivity index (χ1n) is 9.36. The van der Waals surface area contributed by atoms with Crippen LogP contribution in [0.15, 0.2) is 29.3 Å². The van der Waals surface area contributed by atoms with E-state index >= 15 is 0 Å². The van der Waals surface area contributed by atoms with Gasteiger partial charge in [0.25, 0.3) is 0 Å². The van der Waals surface area contributed by atoms with Gasteiger partial charge in [-0.3, -0.25) is 4.99 Å². The molecule has 2 N–H and O–H groups in total. The fourth-order valence-electron chi connectivity index (χ4n) is 3.22. The summed E-state index contributed by atoms with van der Waals surface area (Å²) in [4.78, 5) is 4.25. The summed E-state index contributed by atoms with van der Waals surface area (Å²) >= 11 is 0. The van der Waals surface area contributed by atoms with E-state index in [1.807, 2.05) is 12.1 Å². The Balaban J connectivity index is 1.42. The molecule has 26 heavy (non-hydrogen) atoms. The lowest BCUT2D eigenvalue weighted by atomic mass is 10.1. The number of halogens is 1. The Bertz CT molecular complexity index is 722. The number of aromatic nitrogens is 3. The third kappa shape index (κ3) is 5.03. The summed E-state index contributed by atoms with van der Waals surface area (Å²) in [7, 11) is 1.76. The molecule has 6 nitrogen and oxygen atoms in total. The summed E-state index contributed by atoms with van der Waals surface area (Å²) in [5.41, 5.74) is 1.10. The van der Waals surface area contributed by atoms with Crippen LogP contribution >= 0.6 is 0 Å². The van der Waals surface area contributed by atoms with Gasteiger partial charge in [0.15, 0.2) is 5.96 Å². The largest absolute Gasteiger partial charge is 0.356 e. The highest BCUT2D eigenvalue weighted by Crippen LogP contribution is 2.14. The van der Waals surface area contributed by atoms with Gasteiger partial charge in [-0.25, -0.2) is 4.39 Å². The number of hydrogen-bond donors (Lipinski definition) is 2. The van der Waals surface area contributed by atoms with E-state index in [9.17, 15) is 4.39 Å². The van der Waals surface area contributed by atoms with Gasteiger partial charge in [0, 0.05) is 39.5 Å². The lowest BCUT2D eigenvalue weighted by molar-refractivity contribution is 0.600. The molecule has 1 aromatic carbocycles. The van der Waals surface area contributed by atoms with Crippen molar-refractivity contribution < 1.29 is 4.39 Å². The summed E-state index contributed by atoms with van der Waals surface area (Å²) in [5.74, 6) is 2.74. The average Bonchev–Trinajstić information content (AvgIpc) is 2.88. The van der Waals surface area contributed by atoms with E-state index in [1.54, 1.807) is 7.05 Å². The first kappa shape index (κ1) is 18.4. The number of fused-ring (bicyclic) bond motifs is 1. The van der Waals surface area contributed by atoms with E-state index in [0.717, 1.165) is 62.1 Å². The number of aryl methyl sites for hydroxylation is 1. The van der Waals surface area contributed by atoms with E-state index in [2.05, 4.69) is 30.4 Å². The minimum atomic E-state index is -0.203. The molecule has 0 spiro atoms. The van der Waals surface area contributed by atoms with Crippen molar-refractivity contribution >= 4 is 5.96 Å². The van der Waals surface area contributed by atoms with Crippen LogP contribution in [0.1, 0.15) is 36.5 Å². The summed E-state index contributed by atoms with van der Waals surface area (Å²) in [6, 6.07) is 6.60. The van der Waals surface area contributed by atoms with Gasteiger partial charge in [0.1, 0.15) is 17.5 Å². The maximum absolute atomic E-state index is 12.9. The molecule has 1 aliphatic heterocycles. The lowest BCUT2D eigenvalue weighted by Gasteiger charge is -2.12. The van der Waals surface area contributed by atoms with Crippen LogP contribution in [0.25, 0.3) is 0 Å². The van der Waals surface area contributed by atoms with Crippen LogP contribution in [0, 0.1) is 5.82 Å². The molecule has 1 aromatic heterocycles. The second-order valence-electron chi connectivity index (χ2n) is 6.55. The fraction of sp³-hybridized carbons (Fsp3) is 0.526. The Morgan fingerprint density at radius 3 is 2.62 bits per heavy atom. The Kier molecular flexibility index (Phi) is 6.57. The molecule has 0 fully saturated rings. The quantitative estimate of drug-likeness (QED) is 0.613. The van der Waals surface area contributed by atoms with Crippen molar-refractivity contribution in [1.29, 1.82) is 0 Å². The zero-order chi connectivity index (χ0) is 18.2. The van der Waals surface area contributed by atoms with Gasteiger partial charge in [-0.2, -0.15) is 0 Å². The molecule has 0 atom stereocenters. The van der Waals surface area contributed by atoms with Gasteiger partial charge >= 0.3 is 0 Å². The maximum atomic E-state index is 12.9. The number of guanidine groups is 1. The molecule has 140 valence electrons. The van der Waals surface area contributed by atoms with Crippen molar-refractivity contribution in [1.82, 2.24) is 25.4 Å². The van der Waals surface area contributed by atoms with Gasteiger partial charge in [-0.15, -0.1) is 10.2 Å². The van der Waals surface area contributed by atoms with E-state index in [-0.39, 0.29) is 5.82 Å². The van der Waals surface area contributed by atoms with Crippen LogP contribution in [0.5, 0.6) is 0 Å². The van der Waals surface area contributed by atoms with Crippen LogP contribution in [0.3, 0.4) is 0 Å². The Morgan fingerprint density at radius 2 is 1.85 bits per heavy atom. The van der Waals surface area contributed by atoms with E-state index in [1.165, 1.54) is 31.4 Å². The molecule has 0 saturated carbocycles. The van der Waals surface area contributed by atoms with Gasteiger partial charge in [0.05, 0.1) is 0 Å². The molecular formula is C19H27FN6. The van der Waals surface area contributed by atoms with Crippen molar-refractivity contribution in [3.63, 3.8) is 0 Å². The molecule has 2 aromatic rings. The normalized spacial score (nSPS) is 14.6. The Hall–Kier alpha value is -2.44. The van der Waals surface area contributed by atoms with Crippen molar-refractivity contribution in [2.75, 3.05) is 20.1 Å². The van der Waals surface area contributed by atoms with E-state index in [0.29, 0.717) is 0 Å². The highest BCUT2D eigenvalue weighted by Gasteiger charge is 2.14. The van der Waals surface area contributed by atoms with Crippen molar-refractivity contribution in [3.05, 3.63) is 47.3 Å². The number of hydrogen-bond acceptors (Lipinski definition) is 3. The predicted molar refractivity (Wildman–Crippen MR) is 101 cm³/mol. The standard InChI is InChI=1S/C19H27FN6/c1-21-19(22-12-10-15-6-8-16(20)9-7-15)23-13-11-18-25-24-17-5-3-2-4-14-26(17)18/h6-9H,2-5,10-14H2,1H3,(H2,21,22,23). The van der Waals surface area contributed by atoms with Crippen LogP contribution < -0.4 is 10.6 Å². The molecule has 1 aliphatic rings. The third-order valence-corrected chi connectivity index (χ3v) is 4.67. The number of rotatable bonds is 6. The molecule has 3 rings (SSSR count). The van der Waals surface area contributed by atoms with Crippen LogP contribution in [-0.4, -0.2) is 40.9 Å². The zero-order valence-electron chi connectivity index (χ0n) is 15.3. The summed E-state index contributed by atoms with van der Waals surface area (Å²) in [5, 5.41) is 15.3. The maximum Gasteiger partial charge on any atom is 0.191 e. The van der Waals surface area contributed by atoms with E-state index in [4.69, 9.17) is 0 Å². The molecule has 0 radical (unpaired) electrons. The zero-order valence-corrected chi connectivity index (χ0v) is 15.3. The predicted octanol–water partition coefficient (Wildman–Crippen LogP) is 2.09. The molecule has 0 unspecified atom stereocenters. The minimum absolute atomic E-state index is 0.203. The number of aliphatic imine (C=N–C) groups is 1. The Morgan fingerprint density at radius 1 is 1.08 bits per heavy atom. The first-order chi connectivity index (χ1) is 12.8. The minimum Gasteiger partial charge on any atom is -0.356 e. The molecular weight excluding hydrogens is 331 g/mol. The number of nitrogens with zero attached hydrogens (tertiary/aromatic N) is 4. The second kappa shape index (κ2) is 9.31. The summed E-state index contributed by atoms with van der Waals surface area (Å²) < 4.78 is 15.2. The monoisotopic (exact) mass is 358 g/mol. The average molecular weight is 358 g/mol. The molecule has 2 heterocycles. The second-order valence-corrected chi connectivity index (χ2v) is 6.55. The SMILES string of the molecule is CN=C(NCCc1ccc(F)cc1)NCCc1nnc2n1CCCCC2. The van der Waals surface area contributed by atoms with Gasteiger partial charge in [-0.05, 0) is 37.0 Å². The van der Waals surface area contributed by atoms with Crippen molar-refractivity contribution in [2.45, 2.75) is 45.1 Å². The van der Waals surface area contributed by atoms with E-state index < -0.39 is 0 Å². The van der Waals surface area contributed by atoms with Gasteiger partial charge in [0.2, 0.25) is 0 Å². The number of benzene rings is 1. The molecule has 0 aliphatic carbocycles. The highest BCUT2D eigenvalue weighted by atomic mass is 19.1. The fourth-order valence-corrected chi connectivity index (χ4v) is 3.22. The summed E-state index contributed by atoms with van der Waals surface area (Å²) in [6.45, 7) is 2.53. The molecule has 0 amide bonds. The smallest absolute Gasteiger partial charge is 0.191 e. The third-order valence-electron chi connectivity index (χ3n) is 4.67. The Labute approximate surface area is 153 Å². The summed E-state index contributed by atoms with van der Waals surface area (Å²) in [6.07, 6.45) is 6.36. The van der Waals surface area contributed by atoms with Gasteiger partial charge < -0.3 is 15.2 Å².